The number of hydrogen-bond acceptors (Lipinski definition) is 7. The van der Waals surface area contributed by atoms with Crippen molar-refractivity contribution in [2.75, 3.05) is 45.4 Å². The molecule has 174 valence electrons. The van der Waals surface area contributed by atoms with E-state index in [2.05, 4.69) is 4.98 Å². The third-order valence-corrected chi connectivity index (χ3v) is 5.72. The Morgan fingerprint density at radius 2 is 1.59 bits per heavy atom. The van der Waals surface area contributed by atoms with Crippen LogP contribution in [0, 0.1) is 11.6 Å². The lowest BCUT2D eigenvalue weighted by molar-refractivity contribution is 0.122. The van der Waals surface area contributed by atoms with Crippen LogP contribution in [0.2, 0.25) is 0 Å². The number of anilines is 1. The number of halogens is 2. The molecule has 0 amide bonds. The van der Waals surface area contributed by atoms with Crippen molar-refractivity contribution in [1.29, 1.82) is 0 Å². The van der Waals surface area contributed by atoms with E-state index in [1.807, 2.05) is 35.2 Å². The maximum absolute atomic E-state index is 15.3. The molecule has 9 heteroatoms. The molecular weight excluding hydrogens is 442 g/mol. The predicted molar refractivity (Wildman–Crippen MR) is 124 cm³/mol. The van der Waals surface area contributed by atoms with Gasteiger partial charge in [-0.2, -0.15) is 0 Å². The number of rotatable bonds is 5. The minimum absolute atomic E-state index is 0.0947. The third kappa shape index (κ3) is 3.88. The Balaban J connectivity index is 1.75. The molecule has 7 nitrogen and oxygen atoms in total. The van der Waals surface area contributed by atoms with E-state index < -0.39 is 11.6 Å². The second-order valence-electron chi connectivity index (χ2n) is 7.71. The van der Waals surface area contributed by atoms with Crippen LogP contribution in [-0.2, 0) is 4.74 Å². The van der Waals surface area contributed by atoms with E-state index >= 15 is 8.78 Å². The van der Waals surface area contributed by atoms with Crippen LogP contribution in [0.15, 0.2) is 48.7 Å². The van der Waals surface area contributed by atoms with Gasteiger partial charge < -0.3 is 19.1 Å². The molecule has 0 unspecified atom stereocenters. The summed E-state index contributed by atoms with van der Waals surface area (Å²) < 4.78 is 46.2. The molecule has 2 aromatic carbocycles. The first-order chi connectivity index (χ1) is 16.6. The number of pyridine rings is 1. The van der Waals surface area contributed by atoms with Crippen molar-refractivity contribution in [2.45, 2.75) is 0 Å². The summed E-state index contributed by atoms with van der Waals surface area (Å²) in [7, 11) is 2.62. The van der Waals surface area contributed by atoms with Crippen molar-refractivity contribution in [3.05, 3.63) is 60.3 Å². The topological polar surface area (TPSA) is 69.6 Å². The highest BCUT2D eigenvalue weighted by Crippen LogP contribution is 2.39. The van der Waals surface area contributed by atoms with Crippen LogP contribution in [0.5, 0.6) is 11.5 Å². The molecule has 1 aliphatic rings. The lowest BCUT2D eigenvalue weighted by atomic mass is 10.1. The number of ether oxygens (including phenoxy) is 3. The van der Waals surface area contributed by atoms with Crippen LogP contribution in [0.1, 0.15) is 0 Å². The van der Waals surface area contributed by atoms with Gasteiger partial charge in [-0.1, -0.05) is 30.3 Å². The molecule has 0 N–H and O–H groups in total. The van der Waals surface area contributed by atoms with E-state index in [9.17, 15) is 0 Å². The Kier molecular flexibility index (Phi) is 5.93. The highest BCUT2D eigenvalue weighted by molar-refractivity contribution is 5.92. The van der Waals surface area contributed by atoms with Gasteiger partial charge in [-0.3, -0.25) is 0 Å². The van der Waals surface area contributed by atoms with Crippen LogP contribution < -0.4 is 14.4 Å². The van der Waals surface area contributed by atoms with Crippen molar-refractivity contribution in [3.8, 4) is 34.1 Å². The summed E-state index contributed by atoms with van der Waals surface area (Å²) in [6, 6.07) is 12.3. The molecule has 0 radical (unpaired) electrons. The van der Waals surface area contributed by atoms with E-state index in [0.29, 0.717) is 48.8 Å². The molecule has 3 heterocycles. The van der Waals surface area contributed by atoms with Crippen LogP contribution >= 0.6 is 0 Å². The molecule has 0 bridgehead atoms. The van der Waals surface area contributed by atoms with Crippen LogP contribution in [0.3, 0.4) is 0 Å². The molecule has 2 aromatic heterocycles. The Bertz CT molecular complexity index is 1320. The Labute approximate surface area is 195 Å². The monoisotopic (exact) mass is 464 g/mol. The molecule has 0 atom stereocenters. The Hall–Kier alpha value is -3.85. The second-order valence-corrected chi connectivity index (χ2v) is 7.71. The molecule has 5 rings (SSSR count). The van der Waals surface area contributed by atoms with Gasteiger partial charge in [0.05, 0.1) is 38.7 Å². The van der Waals surface area contributed by atoms with Gasteiger partial charge in [0.1, 0.15) is 5.52 Å². The average molecular weight is 464 g/mol. The first kappa shape index (κ1) is 22.0. The fraction of sp³-hybridized carbons (Fsp3) is 0.240. The highest BCUT2D eigenvalue weighted by atomic mass is 19.1. The number of methoxy groups -OCH3 is 2. The molecule has 4 aromatic rings. The highest BCUT2D eigenvalue weighted by Gasteiger charge is 2.25. The standard InChI is InChI=1S/C25H22F2N4O3/c1-32-18-13-19(33-2)22(27)20(21(18)26)17-12-16-14-28-24(15-6-4-3-5-7-15)30-23(16)25(29-17)31-8-10-34-11-9-31/h3-7,12-14H,8-11H2,1-2H3. The predicted octanol–water partition coefficient (Wildman–Crippen LogP) is 4.49. The van der Waals surface area contributed by atoms with E-state index in [1.165, 1.54) is 20.3 Å². The minimum Gasteiger partial charge on any atom is -0.494 e. The van der Waals surface area contributed by atoms with E-state index in [1.54, 1.807) is 12.3 Å². The van der Waals surface area contributed by atoms with Crippen molar-refractivity contribution in [3.63, 3.8) is 0 Å². The zero-order valence-electron chi connectivity index (χ0n) is 18.7. The summed E-state index contributed by atoms with van der Waals surface area (Å²) >= 11 is 0. The van der Waals surface area contributed by atoms with Gasteiger partial charge in [-0.25, -0.2) is 23.7 Å². The van der Waals surface area contributed by atoms with Gasteiger partial charge in [0, 0.05) is 36.3 Å². The van der Waals surface area contributed by atoms with E-state index in [0.717, 1.165) is 5.56 Å². The number of morpholine rings is 1. The molecule has 34 heavy (non-hydrogen) atoms. The normalized spacial score (nSPS) is 13.8. The summed E-state index contributed by atoms with van der Waals surface area (Å²) in [5.41, 5.74) is 1.21. The molecule has 0 aliphatic carbocycles. The lowest BCUT2D eigenvalue weighted by Gasteiger charge is -2.29. The first-order valence-corrected chi connectivity index (χ1v) is 10.8. The summed E-state index contributed by atoms with van der Waals surface area (Å²) in [5.74, 6) is -0.948. The lowest BCUT2D eigenvalue weighted by Crippen LogP contribution is -2.37. The number of nitrogens with zero attached hydrogens (tertiary/aromatic N) is 4. The third-order valence-electron chi connectivity index (χ3n) is 5.72. The number of benzene rings is 2. The quantitative estimate of drug-likeness (QED) is 0.431. The second kappa shape index (κ2) is 9.18. The number of fused-ring (bicyclic) bond motifs is 1. The zero-order chi connectivity index (χ0) is 23.7. The van der Waals surface area contributed by atoms with Crippen molar-refractivity contribution in [2.24, 2.45) is 0 Å². The largest absolute Gasteiger partial charge is 0.494 e. The fourth-order valence-corrected chi connectivity index (χ4v) is 3.98. The smallest absolute Gasteiger partial charge is 0.177 e. The van der Waals surface area contributed by atoms with E-state index in [4.69, 9.17) is 24.2 Å². The van der Waals surface area contributed by atoms with Crippen molar-refractivity contribution < 1.29 is 23.0 Å². The summed E-state index contributed by atoms with van der Waals surface area (Å²) in [4.78, 5) is 16.0. The number of aromatic nitrogens is 3. The van der Waals surface area contributed by atoms with Gasteiger partial charge >= 0.3 is 0 Å². The van der Waals surface area contributed by atoms with Gasteiger partial charge in [0.2, 0.25) is 0 Å². The van der Waals surface area contributed by atoms with Crippen LogP contribution in [-0.4, -0.2) is 55.5 Å². The SMILES string of the molecule is COc1cc(OC)c(F)c(-c2cc3cnc(-c4ccccc4)nc3c(N3CCOCC3)n2)c1F. The molecule has 1 aliphatic heterocycles. The summed E-state index contributed by atoms with van der Waals surface area (Å²) in [6.07, 6.45) is 1.65. The summed E-state index contributed by atoms with van der Waals surface area (Å²) in [6.45, 7) is 2.17. The fourth-order valence-electron chi connectivity index (χ4n) is 3.98. The van der Waals surface area contributed by atoms with Crippen LogP contribution in [0.25, 0.3) is 33.5 Å². The van der Waals surface area contributed by atoms with Crippen molar-refractivity contribution in [1.82, 2.24) is 15.0 Å². The minimum atomic E-state index is -0.859. The molecule has 0 saturated carbocycles. The molecule has 0 spiro atoms. The van der Waals surface area contributed by atoms with Crippen molar-refractivity contribution >= 4 is 16.7 Å². The maximum atomic E-state index is 15.3. The number of hydrogen-bond donors (Lipinski definition) is 0. The van der Waals surface area contributed by atoms with Gasteiger partial charge in [0.25, 0.3) is 0 Å². The van der Waals surface area contributed by atoms with Gasteiger partial charge in [-0.05, 0) is 6.07 Å². The molecular formula is C25H22F2N4O3. The van der Waals surface area contributed by atoms with E-state index in [-0.39, 0.29) is 22.8 Å². The summed E-state index contributed by atoms with van der Waals surface area (Å²) in [5, 5.41) is 0.603. The zero-order valence-corrected chi connectivity index (χ0v) is 18.7. The first-order valence-electron chi connectivity index (χ1n) is 10.8. The Morgan fingerprint density at radius 3 is 2.24 bits per heavy atom. The Morgan fingerprint density at radius 1 is 0.912 bits per heavy atom. The van der Waals surface area contributed by atoms with Gasteiger partial charge in [0.15, 0.2) is 34.8 Å². The maximum Gasteiger partial charge on any atom is 0.177 e. The average Bonchev–Trinajstić information content (AvgIpc) is 2.89. The molecule has 1 fully saturated rings. The van der Waals surface area contributed by atoms with Gasteiger partial charge in [-0.15, -0.1) is 0 Å². The van der Waals surface area contributed by atoms with Crippen LogP contribution in [0.4, 0.5) is 14.6 Å². The molecule has 1 saturated heterocycles.